The summed E-state index contributed by atoms with van der Waals surface area (Å²) in [4.78, 5) is 4.85. The van der Waals surface area contributed by atoms with E-state index in [1.165, 1.54) is 28.0 Å². The molecule has 9 heteroatoms. The zero-order valence-electron chi connectivity index (χ0n) is 12.6. The van der Waals surface area contributed by atoms with Gasteiger partial charge in [-0.1, -0.05) is 36.5 Å². The van der Waals surface area contributed by atoms with Crippen LogP contribution in [0.15, 0.2) is 29.3 Å². The molecule has 3 aromatic rings. The molecule has 1 aromatic carbocycles. The molecule has 0 radical (unpaired) electrons. The first-order chi connectivity index (χ1) is 10.9. The Morgan fingerprint density at radius 2 is 2.09 bits per heavy atom. The van der Waals surface area contributed by atoms with E-state index in [0.29, 0.717) is 17.1 Å². The van der Waals surface area contributed by atoms with Crippen LogP contribution in [0.5, 0.6) is 0 Å². The second-order valence-electron chi connectivity index (χ2n) is 4.95. The minimum Gasteiger partial charge on any atom is -0.221 e. The Kier molecular flexibility index (Phi) is 4.17. The molecule has 2 heterocycles. The first-order valence-electron chi connectivity index (χ1n) is 7.00. The van der Waals surface area contributed by atoms with E-state index in [1.807, 2.05) is 6.92 Å². The summed E-state index contributed by atoms with van der Waals surface area (Å²) in [5, 5.41) is 4.95. The van der Waals surface area contributed by atoms with Crippen molar-refractivity contribution >= 4 is 26.3 Å². The molecule has 0 atom stereocenters. The van der Waals surface area contributed by atoms with Gasteiger partial charge in [-0.05, 0) is 19.4 Å². The van der Waals surface area contributed by atoms with Crippen molar-refractivity contribution in [2.24, 2.45) is 0 Å². The molecule has 1 N–H and O–H groups in total. The highest BCUT2D eigenvalue weighted by atomic mass is 32.2. The van der Waals surface area contributed by atoms with Gasteiger partial charge in [-0.15, -0.1) is 0 Å². The fraction of sp³-hybridized carbons (Fsp3) is 0.286. The van der Waals surface area contributed by atoms with Crippen molar-refractivity contribution in [3.05, 3.63) is 46.3 Å². The van der Waals surface area contributed by atoms with Crippen LogP contribution in [0.25, 0.3) is 4.96 Å². The fourth-order valence-electron chi connectivity index (χ4n) is 2.25. The highest BCUT2D eigenvalue weighted by Crippen LogP contribution is 2.22. The third-order valence-electron chi connectivity index (χ3n) is 3.33. The van der Waals surface area contributed by atoms with Crippen LogP contribution >= 0.6 is 11.3 Å². The molecule has 0 unspecified atom stereocenters. The van der Waals surface area contributed by atoms with Crippen LogP contribution in [0.1, 0.15) is 23.2 Å². The summed E-state index contributed by atoms with van der Waals surface area (Å²) in [6, 6.07) is 6.05. The van der Waals surface area contributed by atoms with Crippen molar-refractivity contribution in [1.29, 1.82) is 0 Å². The van der Waals surface area contributed by atoms with Crippen LogP contribution in [0.2, 0.25) is 0 Å². The molecule has 0 amide bonds. The monoisotopic (exact) mass is 354 g/mol. The van der Waals surface area contributed by atoms with Gasteiger partial charge in [0.05, 0.1) is 5.69 Å². The van der Waals surface area contributed by atoms with E-state index in [0.717, 1.165) is 5.01 Å². The summed E-state index contributed by atoms with van der Waals surface area (Å²) in [7, 11) is -3.86. The van der Waals surface area contributed by atoms with Gasteiger partial charge in [0.2, 0.25) is 4.96 Å². The van der Waals surface area contributed by atoms with E-state index in [1.54, 1.807) is 19.1 Å². The molecule has 6 nitrogen and oxygen atoms in total. The lowest BCUT2D eigenvalue weighted by Crippen LogP contribution is -2.26. The Morgan fingerprint density at radius 3 is 2.78 bits per heavy atom. The Hall–Kier alpha value is -1.84. The molecule has 0 saturated heterocycles. The molecule has 0 saturated carbocycles. The smallest absolute Gasteiger partial charge is 0.221 e. The number of aromatic nitrogens is 3. The van der Waals surface area contributed by atoms with E-state index in [9.17, 15) is 12.8 Å². The van der Waals surface area contributed by atoms with Gasteiger partial charge in [0, 0.05) is 12.1 Å². The molecule has 0 aliphatic heterocycles. The number of sulfonamides is 1. The van der Waals surface area contributed by atoms with Crippen LogP contribution in [-0.2, 0) is 23.0 Å². The number of imidazole rings is 1. The summed E-state index contributed by atoms with van der Waals surface area (Å²) >= 11 is 1.32. The maximum absolute atomic E-state index is 13.6. The van der Waals surface area contributed by atoms with Gasteiger partial charge in [-0.3, -0.25) is 0 Å². The van der Waals surface area contributed by atoms with Crippen LogP contribution in [0.4, 0.5) is 4.39 Å². The second-order valence-corrected chi connectivity index (χ2v) is 7.79. The number of rotatable bonds is 5. The molecular weight excluding hydrogens is 339 g/mol. The molecule has 0 aliphatic rings. The van der Waals surface area contributed by atoms with Crippen molar-refractivity contribution in [3.63, 3.8) is 0 Å². The zero-order valence-corrected chi connectivity index (χ0v) is 14.2. The van der Waals surface area contributed by atoms with Gasteiger partial charge >= 0.3 is 0 Å². The normalized spacial score (nSPS) is 12.1. The van der Waals surface area contributed by atoms with Crippen LogP contribution in [0.3, 0.4) is 0 Å². The fourth-order valence-corrected chi connectivity index (χ4v) is 4.41. The van der Waals surface area contributed by atoms with Gasteiger partial charge in [0.15, 0.2) is 5.03 Å². The van der Waals surface area contributed by atoms with Crippen LogP contribution in [-0.4, -0.2) is 23.0 Å². The molecule has 0 bridgehead atoms. The van der Waals surface area contributed by atoms with Crippen molar-refractivity contribution in [2.45, 2.75) is 31.8 Å². The van der Waals surface area contributed by atoms with Crippen molar-refractivity contribution < 1.29 is 12.8 Å². The Balaban J connectivity index is 1.98. The molecule has 3 rings (SSSR count). The Labute approximate surface area is 137 Å². The molecule has 2 aromatic heterocycles. The average molecular weight is 354 g/mol. The van der Waals surface area contributed by atoms with E-state index in [4.69, 9.17) is 0 Å². The van der Waals surface area contributed by atoms with Crippen molar-refractivity contribution in [2.75, 3.05) is 0 Å². The molecular formula is C14H15FN4O2S2. The molecule has 122 valence electrons. The van der Waals surface area contributed by atoms with E-state index in [-0.39, 0.29) is 17.1 Å². The van der Waals surface area contributed by atoms with E-state index >= 15 is 0 Å². The van der Waals surface area contributed by atoms with Crippen LogP contribution < -0.4 is 4.72 Å². The van der Waals surface area contributed by atoms with Crippen molar-refractivity contribution in [3.8, 4) is 0 Å². The van der Waals surface area contributed by atoms with Crippen LogP contribution in [0, 0.1) is 12.7 Å². The number of aryl methyl sites for hydroxylation is 2. The minimum absolute atomic E-state index is 0.0238. The summed E-state index contributed by atoms with van der Waals surface area (Å²) in [6.45, 7) is 3.48. The SMILES string of the molecule is CCc1nc2sc(C)nn2c1S(=O)(=O)NCc1ccccc1F. The lowest BCUT2D eigenvalue weighted by atomic mass is 10.2. The number of halogens is 1. The maximum Gasteiger partial charge on any atom is 0.260 e. The first-order valence-corrected chi connectivity index (χ1v) is 9.30. The highest BCUT2D eigenvalue weighted by molar-refractivity contribution is 7.89. The minimum atomic E-state index is -3.86. The maximum atomic E-state index is 13.6. The number of nitrogens with one attached hydrogen (secondary N) is 1. The number of nitrogens with zero attached hydrogens (tertiary/aromatic N) is 3. The number of benzene rings is 1. The van der Waals surface area contributed by atoms with E-state index < -0.39 is 15.8 Å². The lowest BCUT2D eigenvalue weighted by molar-refractivity contribution is 0.566. The standard InChI is InChI=1S/C14H15FN4O2S2/c1-3-12-13(19-14(17-12)22-9(2)18-19)23(20,21)16-8-10-6-4-5-7-11(10)15/h4-7,16H,3,8H2,1-2H3. The Bertz CT molecular complexity index is 962. The van der Waals surface area contributed by atoms with Gasteiger partial charge in [0.1, 0.15) is 10.8 Å². The third-order valence-corrected chi connectivity index (χ3v) is 5.60. The first kappa shape index (κ1) is 16.0. The van der Waals surface area contributed by atoms with Gasteiger partial charge in [-0.2, -0.15) is 9.61 Å². The molecule has 0 aliphatic carbocycles. The Morgan fingerprint density at radius 1 is 1.35 bits per heavy atom. The molecule has 0 fully saturated rings. The van der Waals surface area contributed by atoms with Crippen molar-refractivity contribution in [1.82, 2.24) is 19.3 Å². The summed E-state index contributed by atoms with van der Waals surface area (Å²) in [5.74, 6) is -0.450. The van der Waals surface area contributed by atoms with E-state index in [2.05, 4.69) is 14.8 Å². The number of fused-ring (bicyclic) bond motifs is 1. The number of hydrogen-bond acceptors (Lipinski definition) is 5. The topological polar surface area (TPSA) is 76.4 Å². The highest BCUT2D eigenvalue weighted by Gasteiger charge is 2.26. The zero-order chi connectivity index (χ0) is 16.6. The average Bonchev–Trinajstić information content (AvgIpc) is 3.01. The molecule has 0 spiro atoms. The quantitative estimate of drug-likeness (QED) is 0.763. The summed E-state index contributed by atoms with van der Waals surface area (Å²) in [6.07, 6.45) is 0.463. The van der Waals surface area contributed by atoms with Gasteiger partial charge in [0.25, 0.3) is 10.0 Å². The largest absolute Gasteiger partial charge is 0.260 e. The summed E-state index contributed by atoms with van der Waals surface area (Å²) < 4.78 is 42.7. The predicted molar refractivity (Wildman–Crippen MR) is 85.4 cm³/mol. The second kappa shape index (κ2) is 5.99. The lowest BCUT2D eigenvalue weighted by Gasteiger charge is -2.07. The van der Waals surface area contributed by atoms with Gasteiger partial charge < -0.3 is 0 Å². The van der Waals surface area contributed by atoms with Gasteiger partial charge in [-0.25, -0.2) is 22.5 Å². The predicted octanol–water partition coefficient (Wildman–Crippen LogP) is 2.28. The third kappa shape index (κ3) is 2.99. The number of hydrogen-bond donors (Lipinski definition) is 1. The molecule has 23 heavy (non-hydrogen) atoms. The summed E-state index contributed by atoms with van der Waals surface area (Å²) in [5.41, 5.74) is 0.731.